The van der Waals surface area contributed by atoms with Crippen LogP contribution in [-0.2, 0) is 20.1 Å². The van der Waals surface area contributed by atoms with Gasteiger partial charge in [-0.1, -0.05) is 19.4 Å². The fourth-order valence-corrected chi connectivity index (χ4v) is 11.1. The van der Waals surface area contributed by atoms with Gasteiger partial charge in [0.25, 0.3) is 0 Å². The maximum Gasteiger partial charge on any atom is 0 e. The van der Waals surface area contributed by atoms with Gasteiger partial charge < -0.3 is 0 Å². The third-order valence-electron chi connectivity index (χ3n) is 9.91. The fourth-order valence-electron chi connectivity index (χ4n) is 6.52. The number of aromatic nitrogens is 2. The summed E-state index contributed by atoms with van der Waals surface area (Å²) in [5.41, 5.74) is 11.2. The normalized spacial score (nSPS) is 12.1. The van der Waals surface area contributed by atoms with Crippen LogP contribution in [0.5, 0.6) is 0 Å². The maximum atomic E-state index is 8.35. The Balaban J connectivity index is 0.000000202. The zero-order valence-corrected chi connectivity index (χ0v) is 39.5. The fraction of sp³-hybridized carbons (Fsp3) is 0.184. The van der Waals surface area contributed by atoms with Crippen molar-refractivity contribution < 1.29 is 25.9 Å². The zero-order chi connectivity index (χ0) is 39.0. The van der Waals surface area contributed by atoms with E-state index in [0.717, 1.165) is 50.0 Å². The second-order valence-electron chi connectivity index (χ2n) is 16.2. The molecule has 0 saturated carbocycles. The summed E-state index contributed by atoms with van der Waals surface area (Å²) in [7, 11) is 0. The van der Waals surface area contributed by atoms with E-state index in [2.05, 4.69) is 160 Å². The first kappa shape index (κ1) is 39.2. The van der Waals surface area contributed by atoms with E-state index in [4.69, 9.17) is 5.79 Å². The van der Waals surface area contributed by atoms with Gasteiger partial charge in [-0.05, 0) is 12.0 Å². The minimum absolute atomic E-state index is 0. The van der Waals surface area contributed by atoms with E-state index in [0.29, 0.717) is 0 Å². The van der Waals surface area contributed by atoms with Gasteiger partial charge in [0.05, 0.1) is 0 Å². The van der Waals surface area contributed by atoms with Crippen LogP contribution in [0.15, 0.2) is 144 Å². The van der Waals surface area contributed by atoms with Gasteiger partial charge in [0.1, 0.15) is 0 Å². The van der Waals surface area contributed by atoms with Crippen LogP contribution in [0.3, 0.4) is 0 Å². The predicted molar refractivity (Wildman–Crippen MR) is 235 cm³/mol. The predicted octanol–water partition coefficient (Wildman–Crippen LogP) is 12.5. The molecule has 0 fully saturated rings. The standard InChI is InChI=1S/C29H28GeNO.C20H20GeN.Ir/c1-19(2)21-14-15-31-27(18-21)23-9-13-29-26(17-23)25-16-22(8-12-28(25)32-29)20-6-10-24(11-7-20)30(3,4)5;1-21(2,3)19-12-13-20(22-15-19)18-11-7-10-17(14-18)16-8-5-4-6-9-16;/h6-8,10-19H,1-5H3;4-10,12-15H,1-3H3;/q2*-1;/i19D;;. The first-order valence-corrected chi connectivity index (χ1v) is 33.3. The van der Waals surface area contributed by atoms with Crippen LogP contribution in [-0.4, -0.2) is 36.5 Å². The Morgan fingerprint density at radius 2 is 1.22 bits per heavy atom. The third kappa shape index (κ3) is 9.49. The van der Waals surface area contributed by atoms with Crippen molar-refractivity contribution >= 4 is 57.3 Å². The minimum atomic E-state index is -1.83. The van der Waals surface area contributed by atoms with Crippen molar-refractivity contribution in [2.24, 2.45) is 0 Å². The van der Waals surface area contributed by atoms with Gasteiger partial charge in [0.15, 0.2) is 0 Å². The number of pyridine rings is 2. The number of hydrogen-bond acceptors (Lipinski definition) is 3. The molecule has 0 bridgehead atoms. The third-order valence-corrected chi connectivity index (χ3v) is 18.5. The van der Waals surface area contributed by atoms with Crippen molar-refractivity contribution in [3.63, 3.8) is 0 Å². The summed E-state index contributed by atoms with van der Waals surface area (Å²) in [5, 5.41) is 2.14. The number of fused-ring (bicyclic) bond motifs is 3. The second-order valence-corrected chi connectivity index (χ2v) is 37.5. The summed E-state index contributed by atoms with van der Waals surface area (Å²) in [6.07, 6.45) is 3.83. The molecule has 0 aliphatic carbocycles. The summed E-state index contributed by atoms with van der Waals surface area (Å²) >= 11 is -3.62. The minimum Gasteiger partial charge on any atom is 0 e. The summed E-state index contributed by atoms with van der Waals surface area (Å²) in [6.45, 7) is 3.78. The molecule has 0 saturated heterocycles. The topological polar surface area (TPSA) is 38.9 Å². The van der Waals surface area contributed by atoms with Crippen LogP contribution in [0.4, 0.5) is 0 Å². The quantitative estimate of drug-likeness (QED) is 0.118. The van der Waals surface area contributed by atoms with E-state index in [1.165, 1.54) is 31.0 Å². The van der Waals surface area contributed by atoms with E-state index in [1.54, 1.807) is 6.20 Å². The van der Waals surface area contributed by atoms with Crippen LogP contribution in [0, 0.1) is 12.1 Å². The molecule has 3 heterocycles. The average molecular weight is 1020 g/mol. The first-order chi connectivity index (χ1) is 26.1. The number of nitrogens with zero attached hydrogens (tertiary/aromatic N) is 2. The number of hydrogen-bond donors (Lipinski definition) is 0. The Morgan fingerprint density at radius 3 is 1.89 bits per heavy atom. The summed E-state index contributed by atoms with van der Waals surface area (Å²) in [6, 6.07) is 51.0. The smallest absolute Gasteiger partial charge is 0 e. The van der Waals surface area contributed by atoms with Crippen molar-refractivity contribution in [2.75, 3.05) is 0 Å². The summed E-state index contributed by atoms with van der Waals surface area (Å²) in [4.78, 5) is 9.21. The molecule has 0 aliphatic rings. The molecule has 5 aromatic carbocycles. The van der Waals surface area contributed by atoms with Crippen LogP contribution in [0.2, 0.25) is 34.5 Å². The molecule has 8 rings (SSSR count). The molecule has 0 N–H and O–H groups in total. The summed E-state index contributed by atoms with van der Waals surface area (Å²) < 4.78 is 17.4. The monoisotopic (exact) mass is 1020 g/mol. The molecule has 279 valence electrons. The van der Waals surface area contributed by atoms with E-state index in [9.17, 15) is 0 Å². The molecule has 3 aromatic heterocycles. The van der Waals surface area contributed by atoms with Crippen LogP contribution in [0.1, 0.15) is 26.7 Å². The van der Waals surface area contributed by atoms with Gasteiger partial charge in [-0.15, -0.1) is 0 Å². The zero-order valence-electron chi connectivity index (χ0n) is 33.9. The molecule has 0 amide bonds. The molecule has 0 atom stereocenters. The Bertz CT molecular complexity index is 2580. The Kier molecular flexibility index (Phi) is 12.1. The molecule has 8 aromatic rings. The van der Waals surface area contributed by atoms with Crippen molar-refractivity contribution in [1.82, 2.24) is 9.97 Å². The molecule has 1 radical (unpaired) electrons. The van der Waals surface area contributed by atoms with Crippen LogP contribution in [0.25, 0.3) is 66.7 Å². The van der Waals surface area contributed by atoms with Gasteiger partial charge in [-0.3, -0.25) is 0 Å². The van der Waals surface area contributed by atoms with E-state index in [-0.39, 0.29) is 20.1 Å². The van der Waals surface area contributed by atoms with Gasteiger partial charge in [0.2, 0.25) is 0 Å². The first-order valence-electron chi connectivity index (χ1n) is 19.1. The Labute approximate surface area is 347 Å². The molecular weight excluding hydrogens is 970 g/mol. The molecule has 3 nitrogen and oxygen atoms in total. The number of benzene rings is 5. The molecule has 0 aliphatic heterocycles. The van der Waals surface area contributed by atoms with Crippen molar-refractivity contribution in [1.29, 1.82) is 0 Å². The van der Waals surface area contributed by atoms with Gasteiger partial charge in [0, 0.05) is 27.7 Å². The maximum absolute atomic E-state index is 8.35. The second kappa shape index (κ2) is 17.0. The van der Waals surface area contributed by atoms with Gasteiger partial charge in [-0.25, -0.2) is 0 Å². The van der Waals surface area contributed by atoms with Crippen LogP contribution < -0.4 is 8.79 Å². The Morgan fingerprint density at radius 1 is 0.582 bits per heavy atom. The van der Waals surface area contributed by atoms with Gasteiger partial charge >= 0.3 is 291 Å². The average Bonchev–Trinajstić information content (AvgIpc) is 3.55. The van der Waals surface area contributed by atoms with E-state index >= 15 is 0 Å². The van der Waals surface area contributed by atoms with Crippen molar-refractivity contribution in [2.45, 2.75) is 54.3 Å². The van der Waals surface area contributed by atoms with Crippen molar-refractivity contribution in [3.05, 3.63) is 157 Å². The summed E-state index contributed by atoms with van der Waals surface area (Å²) in [5.74, 6) is 13.7. The number of rotatable bonds is 7. The van der Waals surface area contributed by atoms with E-state index < -0.39 is 32.4 Å². The largest absolute Gasteiger partial charge is 0 e. The van der Waals surface area contributed by atoms with Crippen molar-refractivity contribution in [3.8, 4) is 44.8 Å². The molecular formula is C49H48Ge2IrN2O-2. The molecule has 0 spiro atoms. The number of furan rings is 1. The molecule has 6 heteroatoms. The molecule has 0 unspecified atom stereocenters. The van der Waals surface area contributed by atoms with Crippen LogP contribution >= 0.6 is 0 Å². The molecule has 55 heavy (non-hydrogen) atoms. The SMILES string of the molecule is [2H]C(C)(C)c1ccnc(-c2[c-]cc3oc4ccc(-c5cc[c]([Ge]([CH3])([CH3])[CH3])cc5)cc4c3c2)c1.[CH3][Ge]([CH3])([CH3])[c]1ccc(-c2[c-]ccc(-c3ccccc3)c2)nc1.[Ir]. The van der Waals surface area contributed by atoms with E-state index in [1.807, 2.05) is 44.2 Å². The Hall–Kier alpha value is -4.06. The van der Waals surface area contributed by atoms with Gasteiger partial charge in [-0.2, -0.15) is 0 Å².